The minimum Gasteiger partial charge on any atom is -0.497 e. The van der Waals surface area contributed by atoms with Gasteiger partial charge in [-0.1, -0.05) is 19.1 Å². The first-order valence-corrected chi connectivity index (χ1v) is 9.98. The molecule has 0 fully saturated rings. The zero-order chi connectivity index (χ0) is 19.9. The Balaban J connectivity index is 1.96. The molecule has 0 bridgehead atoms. The lowest BCUT2D eigenvalue weighted by Gasteiger charge is -2.11. The number of rotatable bonds is 9. The lowest BCUT2D eigenvalue weighted by molar-refractivity contribution is -0.116. The molecule has 8 heteroatoms. The van der Waals surface area contributed by atoms with Gasteiger partial charge in [0.1, 0.15) is 11.5 Å². The number of amides is 1. The maximum absolute atomic E-state index is 12.2. The minimum absolute atomic E-state index is 0.164. The molecule has 0 aliphatic heterocycles. The highest BCUT2D eigenvalue weighted by Gasteiger charge is 2.13. The van der Waals surface area contributed by atoms with Crippen molar-refractivity contribution >= 4 is 21.6 Å². The highest BCUT2D eigenvalue weighted by molar-refractivity contribution is 7.89. The molecule has 146 valence electrons. The molecule has 0 spiro atoms. The summed E-state index contributed by atoms with van der Waals surface area (Å²) in [6.45, 7) is 2.06. The number of ether oxygens (including phenoxy) is 2. The quantitative estimate of drug-likeness (QED) is 0.684. The van der Waals surface area contributed by atoms with Gasteiger partial charge in [-0.05, 0) is 36.2 Å². The van der Waals surface area contributed by atoms with Crippen LogP contribution >= 0.6 is 0 Å². The van der Waals surface area contributed by atoms with Gasteiger partial charge in [0.15, 0.2) is 0 Å². The first kappa shape index (κ1) is 20.7. The topological polar surface area (TPSA) is 93.7 Å². The molecular formula is C19H24N2O5S. The minimum atomic E-state index is -3.47. The van der Waals surface area contributed by atoms with Gasteiger partial charge >= 0.3 is 0 Å². The summed E-state index contributed by atoms with van der Waals surface area (Å²) < 4.78 is 36.7. The van der Waals surface area contributed by atoms with Gasteiger partial charge in [0.2, 0.25) is 15.9 Å². The molecule has 0 heterocycles. The first-order chi connectivity index (χ1) is 12.9. The van der Waals surface area contributed by atoms with E-state index in [4.69, 9.17) is 9.47 Å². The molecule has 0 radical (unpaired) electrons. The predicted octanol–water partition coefficient (Wildman–Crippen LogP) is 2.57. The number of benzene rings is 2. The Morgan fingerprint density at radius 1 is 1.04 bits per heavy atom. The van der Waals surface area contributed by atoms with Crippen LogP contribution in [0.25, 0.3) is 0 Å². The van der Waals surface area contributed by atoms with Crippen LogP contribution in [0, 0.1) is 0 Å². The van der Waals surface area contributed by atoms with Crippen LogP contribution in [0.15, 0.2) is 47.4 Å². The molecule has 0 unspecified atom stereocenters. The van der Waals surface area contributed by atoms with Crippen molar-refractivity contribution in [1.29, 1.82) is 0 Å². The molecular weight excluding hydrogens is 368 g/mol. The zero-order valence-corrected chi connectivity index (χ0v) is 16.4. The highest BCUT2D eigenvalue weighted by atomic mass is 32.2. The third-order valence-corrected chi connectivity index (χ3v) is 5.45. The maximum Gasteiger partial charge on any atom is 0.240 e. The molecule has 0 aliphatic rings. The van der Waals surface area contributed by atoms with Crippen LogP contribution in [0.3, 0.4) is 0 Å². The van der Waals surface area contributed by atoms with Gasteiger partial charge in [-0.25, -0.2) is 13.1 Å². The monoisotopic (exact) mass is 392 g/mol. The summed E-state index contributed by atoms with van der Waals surface area (Å²) in [4.78, 5) is 12.4. The molecule has 0 aliphatic carbocycles. The summed E-state index contributed by atoms with van der Waals surface area (Å²) in [5.74, 6) is 0.987. The van der Waals surface area contributed by atoms with E-state index in [2.05, 4.69) is 10.0 Å². The van der Waals surface area contributed by atoms with Crippen molar-refractivity contribution in [2.45, 2.75) is 24.7 Å². The zero-order valence-electron chi connectivity index (χ0n) is 15.6. The lowest BCUT2D eigenvalue weighted by atomic mass is 10.1. The standard InChI is InChI=1S/C19H24N2O5S/c1-4-20-27(23,24)16-9-5-14(6-10-16)7-12-19(22)21-17-11-8-15(25-2)13-18(17)26-3/h5-6,8-11,13,20H,4,7,12H2,1-3H3,(H,21,22). The number of anilines is 1. The van der Waals surface area contributed by atoms with Crippen molar-refractivity contribution in [3.63, 3.8) is 0 Å². The number of carbonyl (C=O) groups is 1. The molecule has 0 aromatic heterocycles. The van der Waals surface area contributed by atoms with Crippen LogP contribution in [-0.4, -0.2) is 35.1 Å². The smallest absolute Gasteiger partial charge is 0.240 e. The van der Waals surface area contributed by atoms with Gasteiger partial charge in [0.25, 0.3) is 0 Å². The highest BCUT2D eigenvalue weighted by Crippen LogP contribution is 2.29. The number of hydrogen-bond donors (Lipinski definition) is 2. The molecule has 0 saturated heterocycles. The number of aryl methyl sites for hydroxylation is 1. The summed E-state index contributed by atoms with van der Waals surface area (Å²) in [5.41, 5.74) is 1.44. The van der Waals surface area contributed by atoms with Crippen molar-refractivity contribution in [2.24, 2.45) is 0 Å². The van der Waals surface area contributed by atoms with Crippen LogP contribution in [0.1, 0.15) is 18.9 Å². The van der Waals surface area contributed by atoms with Crippen LogP contribution in [0.4, 0.5) is 5.69 Å². The van der Waals surface area contributed by atoms with Crippen LogP contribution in [0.2, 0.25) is 0 Å². The molecule has 0 atom stereocenters. The normalized spacial score (nSPS) is 11.1. The number of sulfonamides is 1. The van der Waals surface area contributed by atoms with Crippen molar-refractivity contribution in [2.75, 3.05) is 26.1 Å². The van der Waals surface area contributed by atoms with Crippen LogP contribution in [0.5, 0.6) is 11.5 Å². The van der Waals surface area contributed by atoms with Gasteiger partial charge < -0.3 is 14.8 Å². The summed E-state index contributed by atoms with van der Waals surface area (Å²) in [7, 11) is -0.387. The molecule has 2 aromatic rings. The van der Waals surface area contributed by atoms with Gasteiger partial charge in [-0.15, -0.1) is 0 Å². The van der Waals surface area contributed by atoms with E-state index in [0.717, 1.165) is 5.56 Å². The van der Waals surface area contributed by atoms with Gasteiger partial charge in [0.05, 0.1) is 24.8 Å². The van der Waals surface area contributed by atoms with Crippen LogP contribution in [-0.2, 0) is 21.2 Å². The Bertz CT molecular complexity index is 879. The molecule has 7 nitrogen and oxygen atoms in total. The van der Waals surface area contributed by atoms with E-state index in [0.29, 0.717) is 30.2 Å². The van der Waals surface area contributed by atoms with Gasteiger partial charge in [0, 0.05) is 19.0 Å². The Morgan fingerprint density at radius 2 is 1.74 bits per heavy atom. The Labute approximate surface area is 159 Å². The largest absolute Gasteiger partial charge is 0.497 e. The number of hydrogen-bond acceptors (Lipinski definition) is 5. The van der Waals surface area contributed by atoms with E-state index in [1.54, 1.807) is 44.4 Å². The third kappa shape index (κ3) is 5.70. The van der Waals surface area contributed by atoms with E-state index in [1.165, 1.54) is 19.2 Å². The van der Waals surface area contributed by atoms with E-state index in [9.17, 15) is 13.2 Å². The van der Waals surface area contributed by atoms with Gasteiger partial charge in [-0.2, -0.15) is 0 Å². The summed E-state index contributed by atoms with van der Waals surface area (Å²) in [6.07, 6.45) is 0.750. The molecule has 2 aromatic carbocycles. The van der Waals surface area contributed by atoms with Gasteiger partial charge in [-0.3, -0.25) is 4.79 Å². The van der Waals surface area contributed by atoms with Crippen LogP contribution < -0.4 is 19.5 Å². The van der Waals surface area contributed by atoms with Crippen molar-refractivity contribution < 1.29 is 22.7 Å². The van der Waals surface area contributed by atoms with Crippen molar-refractivity contribution in [3.05, 3.63) is 48.0 Å². The summed E-state index contributed by atoms with van der Waals surface area (Å²) in [6, 6.07) is 11.7. The van der Waals surface area contributed by atoms with Crippen molar-refractivity contribution in [1.82, 2.24) is 4.72 Å². The number of carbonyl (C=O) groups excluding carboxylic acids is 1. The molecule has 2 N–H and O–H groups in total. The maximum atomic E-state index is 12.2. The van der Waals surface area contributed by atoms with E-state index >= 15 is 0 Å². The third-order valence-electron chi connectivity index (χ3n) is 3.89. The van der Waals surface area contributed by atoms with E-state index in [1.807, 2.05) is 0 Å². The average Bonchev–Trinajstić information content (AvgIpc) is 2.67. The summed E-state index contributed by atoms with van der Waals surface area (Å²) >= 11 is 0. The second-order valence-electron chi connectivity index (χ2n) is 5.76. The molecule has 1 amide bonds. The first-order valence-electron chi connectivity index (χ1n) is 8.50. The average molecular weight is 392 g/mol. The second kappa shape index (κ2) is 9.38. The summed E-state index contributed by atoms with van der Waals surface area (Å²) in [5, 5.41) is 2.81. The van der Waals surface area contributed by atoms with E-state index < -0.39 is 10.0 Å². The second-order valence-corrected chi connectivity index (χ2v) is 7.53. The fourth-order valence-corrected chi connectivity index (χ4v) is 3.52. The fraction of sp³-hybridized carbons (Fsp3) is 0.316. The number of nitrogens with one attached hydrogen (secondary N) is 2. The molecule has 0 saturated carbocycles. The molecule has 2 rings (SSSR count). The lowest BCUT2D eigenvalue weighted by Crippen LogP contribution is -2.23. The fourth-order valence-electron chi connectivity index (χ4n) is 2.48. The van der Waals surface area contributed by atoms with E-state index in [-0.39, 0.29) is 17.2 Å². The van der Waals surface area contributed by atoms with Crippen molar-refractivity contribution in [3.8, 4) is 11.5 Å². The Hall–Kier alpha value is -2.58. The number of methoxy groups -OCH3 is 2. The Morgan fingerprint density at radius 3 is 2.33 bits per heavy atom. The Kier molecular flexibility index (Phi) is 7.20. The predicted molar refractivity (Wildman–Crippen MR) is 104 cm³/mol. The molecule has 27 heavy (non-hydrogen) atoms. The SMILES string of the molecule is CCNS(=O)(=O)c1ccc(CCC(=O)Nc2ccc(OC)cc2OC)cc1.